The van der Waals surface area contributed by atoms with E-state index in [4.69, 9.17) is 4.74 Å². The molecule has 1 fully saturated rings. The predicted octanol–water partition coefficient (Wildman–Crippen LogP) is 2.68. The van der Waals surface area contributed by atoms with Crippen molar-refractivity contribution in [3.05, 3.63) is 30.0 Å². The zero-order chi connectivity index (χ0) is 18.2. The summed E-state index contributed by atoms with van der Waals surface area (Å²) in [6.45, 7) is 4.60. The first kappa shape index (κ1) is 17.3. The third-order valence-electron chi connectivity index (χ3n) is 5.50. The normalized spacial score (nSPS) is 20.4. The van der Waals surface area contributed by atoms with Gasteiger partial charge in [0, 0.05) is 30.2 Å². The molecule has 3 rings (SSSR count). The average Bonchev–Trinajstić information content (AvgIpc) is 3.20. The second-order valence-corrected chi connectivity index (χ2v) is 7.08. The largest absolute Gasteiger partial charge is 0.497 e. The third kappa shape index (κ3) is 2.97. The van der Waals surface area contributed by atoms with Crippen LogP contribution >= 0.6 is 0 Å². The molecule has 1 aromatic heterocycles. The Labute approximate surface area is 146 Å². The second-order valence-electron chi connectivity index (χ2n) is 7.08. The molecule has 1 unspecified atom stereocenters. The van der Waals surface area contributed by atoms with E-state index >= 15 is 0 Å². The van der Waals surface area contributed by atoms with Gasteiger partial charge in [-0.3, -0.25) is 9.59 Å². The lowest BCUT2D eigenvalue weighted by molar-refractivity contribution is -0.151. The molecule has 2 aromatic rings. The Morgan fingerprint density at radius 3 is 2.76 bits per heavy atom. The van der Waals surface area contributed by atoms with Gasteiger partial charge in [0.05, 0.1) is 18.9 Å². The van der Waals surface area contributed by atoms with Crippen LogP contribution in [0.3, 0.4) is 0 Å². The average molecular weight is 344 g/mol. The van der Waals surface area contributed by atoms with E-state index in [1.54, 1.807) is 12.0 Å². The van der Waals surface area contributed by atoms with Crippen molar-refractivity contribution < 1.29 is 19.4 Å². The van der Waals surface area contributed by atoms with Gasteiger partial charge in [-0.2, -0.15) is 0 Å². The standard InChI is InChI=1S/C19H24N2O4/c1-12(2)19(18(23)24)6-7-21(11-19)17(22)8-13-10-20-16-5-4-14(25-3)9-15(13)16/h4-5,9-10,12,20H,6-8,11H2,1-3H3,(H,23,24). The molecule has 0 bridgehead atoms. The fraction of sp³-hybridized carbons (Fsp3) is 0.474. The first-order chi connectivity index (χ1) is 11.9. The minimum Gasteiger partial charge on any atom is -0.497 e. The number of carbonyl (C=O) groups excluding carboxylic acids is 1. The first-order valence-electron chi connectivity index (χ1n) is 8.52. The SMILES string of the molecule is COc1ccc2[nH]cc(CC(=O)N3CCC(C(=O)O)(C(C)C)C3)c2c1. The lowest BCUT2D eigenvalue weighted by atomic mass is 9.76. The number of carbonyl (C=O) groups is 2. The number of aromatic nitrogens is 1. The van der Waals surface area contributed by atoms with Gasteiger partial charge in [0.1, 0.15) is 5.75 Å². The van der Waals surface area contributed by atoms with Crippen LogP contribution in [-0.2, 0) is 16.0 Å². The van der Waals surface area contributed by atoms with Gasteiger partial charge < -0.3 is 19.7 Å². The number of H-pyrrole nitrogens is 1. The molecule has 6 heteroatoms. The first-order valence-corrected chi connectivity index (χ1v) is 8.52. The molecule has 1 aromatic carbocycles. The fourth-order valence-electron chi connectivity index (χ4n) is 3.64. The summed E-state index contributed by atoms with van der Waals surface area (Å²) in [6.07, 6.45) is 2.60. The Morgan fingerprint density at radius 2 is 2.16 bits per heavy atom. The Hall–Kier alpha value is -2.50. The van der Waals surface area contributed by atoms with E-state index in [-0.39, 0.29) is 24.8 Å². The number of hydrogen-bond donors (Lipinski definition) is 2. The minimum absolute atomic E-state index is 0.0138. The Morgan fingerprint density at radius 1 is 1.40 bits per heavy atom. The summed E-state index contributed by atoms with van der Waals surface area (Å²) in [7, 11) is 1.61. The summed E-state index contributed by atoms with van der Waals surface area (Å²) in [5, 5.41) is 10.6. The Kier molecular flexibility index (Phi) is 4.45. The molecule has 25 heavy (non-hydrogen) atoms. The minimum atomic E-state index is -0.834. The van der Waals surface area contributed by atoms with Crippen molar-refractivity contribution in [2.24, 2.45) is 11.3 Å². The van der Waals surface area contributed by atoms with Crippen LogP contribution in [0.1, 0.15) is 25.8 Å². The number of fused-ring (bicyclic) bond motifs is 1. The van der Waals surface area contributed by atoms with Gasteiger partial charge in [-0.15, -0.1) is 0 Å². The number of aromatic amines is 1. The summed E-state index contributed by atoms with van der Waals surface area (Å²) < 4.78 is 5.26. The number of benzene rings is 1. The van der Waals surface area contributed by atoms with Crippen LogP contribution in [0.15, 0.2) is 24.4 Å². The lowest BCUT2D eigenvalue weighted by Crippen LogP contribution is -2.41. The summed E-state index contributed by atoms with van der Waals surface area (Å²) in [5.41, 5.74) is 1.02. The van der Waals surface area contributed by atoms with Crippen molar-refractivity contribution in [2.75, 3.05) is 20.2 Å². The van der Waals surface area contributed by atoms with Crippen molar-refractivity contribution >= 4 is 22.8 Å². The number of nitrogens with one attached hydrogen (secondary N) is 1. The van der Waals surface area contributed by atoms with Crippen LogP contribution < -0.4 is 4.74 Å². The van der Waals surface area contributed by atoms with E-state index in [2.05, 4.69) is 4.98 Å². The van der Waals surface area contributed by atoms with Crippen molar-refractivity contribution in [1.82, 2.24) is 9.88 Å². The number of likely N-dealkylation sites (tertiary alicyclic amines) is 1. The number of amides is 1. The highest BCUT2D eigenvalue weighted by molar-refractivity contribution is 5.90. The zero-order valence-electron chi connectivity index (χ0n) is 14.8. The fourth-order valence-corrected chi connectivity index (χ4v) is 3.64. The number of hydrogen-bond acceptors (Lipinski definition) is 3. The lowest BCUT2D eigenvalue weighted by Gasteiger charge is -2.28. The Balaban J connectivity index is 1.78. The number of carboxylic acids is 1. The maximum absolute atomic E-state index is 12.7. The van der Waals surface area contributed by atoms with E-state index in [1.807, 2.05) is 38.2 Å². The smallest absolute Gasteiger partial charge is 0.311 e. The van der Waals surface area contributed by atoms with Gasteiger partial charge in [0.25, 0.3) is 0 Å². The van der Waals surface area contributed by atoms with Crippen molar-refractivity contribution in [1.29, 1.82) is 0 Å². The van der Waals surface area contributed by atoms with E-state index in [9.17, 15) is 14.7 Å². The molecule has 1 atom stereocenters. The topological polar surface area (TPSA) is 82.6 Å². The maximum Gasteiger partial charge on any atom is 0.311 e. The summed E-state index contributed by atoms with van der Waals surface area (Å²) in [4.78, 5) is 29.3. The molecule has 1 aliphatic rings. The van der Waals surface area contributed by atoms with Crippen molar-refractivity contribution in [3.63, 3.8) is 0 Å². The molecule has 2 heterocycles. The number of methoxy groups -OCH3 is 1. The van der Waals surface area contributed by atoms with Gasteiger partial charge in [-0.25, -0.2) is 0 Å². The van der Waals surface area contributed by atoms with Gasteiger partial charge in [-0.1, -0.05) is 13.8 Å². The van der Waals surface area contributed by atoms with Crippen LogP contribution in [0.5, 0.6) is 5.75 Å². The highest BCUT2D eigenvalue weighted by Gasteiger charge is 2.48. The molecule has 1 amide bonds. The molecule has 0 aliphatic carbocycles. The molecule has 0 spiro atoms. The Bertz CT molecular complexity index is 811. The van der Waals surface area contributed by atoms with Crippen LogP contribution in [0.2, 0.25) is 0 Å². The van der Waals surface area contributed by atoms with Crippen molar-refractivity contribution in [3.8, 4) is 5.75 Å². The van der Waals surface area contributed by atoms with Gasteiger partial charge in [0.2, 0.25) is 5.91 Å². The third-order valence-corrected chi connectivity index (χ3v) is 5.50. The molecule has 1 saturated heterocycles. The number of aliphatic carboxylic acids is 1. The van der Waals surface area contributed by atoms with E-state index < -0.39 is 11.4 Å². The molecule has 134 valence electrons. The van der Waals surface area contributed by atoms with E-state index in [0.29, 0.717) is 13.0 Å². The molecule has 6 nitrogen and oxygen atoms in total. The van der Waals surface area contributed by atoms with Gasteiger partial charge in [-0.05, 0) is 36.1 Å². The van der Waals surface area contributed by atoms with Gasteiger partial charge >= 0.3 is 5.97 Å². The van der Waals surface area contributed by atoms with Crippen LogP contribution in [0.25, 0.3) is 10.9 Å². The van der Waals surface area contributed by atoms with Gasteiger partial charge in [0.15, 0.2) is 0 Å². The van der Waals surface area contributed by atoms with Crippen molar-refractivity contribution in [2.45, 2.75) is 26.7 Å². The van der Waals surface area contributed by atoms with Crippen LogP contribution in [0, 0.1) is 11.3 Å². The molecule has 1 aliphatic heterocycles. The maximum atomic E-state index is 12.7. The molecular formula is C19H24N2O4. The summed E-state index contributed by atoms with van der Waals surface area (Å²) in [6, 6.07) is 5.70. The second kappa shape index (κ2) is 6.43. The van der Waals surface area contributed by atoms with E-state index in [0.717, 1.165) is 22.2 Å². The molecular weight excluding hydrogens is 320 g/mol. The molecule has 0 saturated carbocycles. The quantitative estimate of drug-likeness (QED) is 0.873. The van der Waals surface area contributed by atoms with E-state index in [1.165, 1.54) is 0 Å². The number of ether oxygens (including phenoxy) is 1. The molecule has 2 N–H and O–H groups in total. The van der Waals surface area contributed by atoms with Crippen LogP contribution in [-0.4, -0.2) is 47.1 Å². The molecule has 0 radical (unpaired) electrons. The number of carboxylic acid groups (broad SMARTS) is 1. The van der Waals surface area contributed by atoms with Crippen LogP contribution in [0.4, 0.5) is 0 Å². The zero-order valence-corrected chi connectivity index (χ0v) is 14.8. The number of rotatable bonds is 5. The summed E-state index contributed by atoms with van der Waals surface area (Å²) >= 11 is 0. The number of nitrogens with zero attached hydrogens (tertiary/aromatic N) is 1. The predicted molar refractivity (Wildman–Crippen MR) is 94.7 cm³/mol. The highest BCUT2D eigenvalue weighted by atomic mass is 16.5. The monoisotopic (exact) mass is 344 g/mol. The summed E-state index contributed by atoms with van der Waals surface area (Å²) in [5.74, 6) is -0.117. The highest BCUT2D eigenvalue weighted by Crippen LogP contribution is 2.38.